The number of ether oxygens (including phenoxy) is 1. The van der Waals surface area contributed by atoms with Gasteiger partial charge in [-0.3, -0.25) is 4.79 Å². The van der Waals surface area contributed by atoms with Gasteiger partial charge in [0.2, 0.25) is 5.56 Å². The molecule has 22 heavy (non-hydrogen) atoms. The van der Waals surface area contributed by atoms with Gasteiger partial charge in [0, 0.05) is 32.7 Å². The van der Waals surface area contributed by atoms with Crippen LogP contribution in [0.25, 0.3) is 11.3 Å². The average Bonchev–Trinajstić information content (AvgIpc) is 2.44. The van der Waals surface area contributed by atoms with Crippen LogP contribution in [0.1, 0.15) is 0 Å². The number of methoxy groups -OCH3 is 1. The standard InChI is InChI=1S/C14H10BrF2INO2.Y/c1-21-8-2-3-9(10(15)6-8)12-5-4-11(18)14(20)19(12)7-13(16)17;/h2-4,6,13H,7H2,1H3;/q-1;. The molecule has 0 unspecified atom stereocenters. The zero-order valence-electron chi connectivity index (χ0n) is 11.4. The second-order valence-electron chi connectivity index (χ2n) is 4.14. The third-order valence-corrected chi connectivity index (χ3v) is 4.24. The van der Waals surface area contributed by atoms with Crippen molar-refractivity contribution in [2.75, 3.05) is 7.11 Å². The molecule has 0 N–H and O–H groups in total. The van der Waals surface area contributed by atoms with Crippen LogP contribution in [0.5, 0.6) is 5.75 Å². The number of alkyl halides is 2. The van der Waals surface area contributed by atoms with Gasteiger partial charge in [-0.25, -0.2) is 8.78 Å². The van der Waals surface area contributed by atoms with E-state index in [0.717, 1.165) is 4.57 Å². The number of pyridine rings is 1. The number of hydrogen-bond acceptors (Lipinski definition) is 2. The Hall–Kier alpha value is 0.144. The smallest absolute Gasteiger partial charge is 0.256 e. The van der Waals surface area contributed by atoms with Crippen LogP contribution in [0.3, 0.4) is 0 Å². The predicted molar refractivity (Wildman–Crippen MR) is 87.9 cm³/mol. The summed E-state index contributed by atoms with van der Waals surface area (Å²) >= 11 is 5.17. The van der Waals surface area contributed by atoms with Gasteiger partial charge in [-0.1, -0.05) is 27.2 Å². The van der Waals surface area contributed by atoms with Crippen LogP contribution < -0.4 is 10.3 Å². The van der Waals surface area contributed by atoms with E-state index in [9.17, 15) is 13.6 Å². The topological polar surface area (TPSA) is 31.2 Å². The number of aromatic nitrogens is 1. The van der Waals surface area contributed by atoms with Gasteiger partial charge in [-0.05, 0) is 20.2 Å². The molecule has 0 saturated heterocycles. The minimum Gasteiger partial charge on any atom is -0.497 e. The normalized spacial score (nSPS) is 10.5. The summed E-state index contributed by atoms with van der Waals surface area (Å²) in [5.74, 6) is 0.624. The first-order valence-electron chi connectivity index (χ1n) is 5.87. The summed E-state index contributed by atoms with van der Waals surface area (Å²) in [6.07, 6.45) is -2.62. The van der Waals surface area contributed by atoms with Gasteiger partial charge >= 0.3 is 0 Å². The molecule has 0 saturated carbocycles. The number of nitrogens with zero attached hydrogens (tertiary/aromatic N) is 1. The van der Waals surface area contributed by atoms with Crippen LogP contribution in [0.15, 0.2) is 33.5 Å². The van der Waals surface area contributed by atoms with Crippen molar-refractivity contribution < 1.29 is 46.2 Å². The van der Waals surface area contributed by atoms with Gasteiger partial charge in [-0.15, -0.1) is 28.7 Å². The molecule has 0 spiro atoms. The van der Waals surface area contributed by atoms with Gasteiger partial charge < -0.3 is 9.30 Å². The van der Waals surface area contributed by atoms with Crippen molar-refractivity contribution in [3.05, 3.63) is 48.7 Å². The fourth-order valence-corrected chi connectivity index (χ4v) is 2.84. The van der Waals surface area contributed by atoms with Crippen LogP contribution in [-0.2, 0) is 39.3 Å². The molecule has 1 aromatic heterocycles. The van der Waals surface area contributed by atoms with E-state index in [4.69, 9.17) is 4.74 Å². The molecular formula is C14H10BrF2INO2Y-. The van der Waals surface area contributed by atoms with Crippen molar-refractivity contribution in [1.29, 1.82) is 0 Å². The Morgan fingerprint density at radius 3 is 2.68 bits per heavy atom. The number of hydrogen-bond donors (Lipinski definition) is 0. The molecule has 3 nitrogen and oxygen atoms in total. The van der Waals surface area contributed by atoms with Crippen LogP contribution in [0.4, 0.5) is 8.78 Å². The van der Waals surface area contributed by atoms with E-state index in [-0.39, 0.29) is 32.7 Å². The Labute approximate surface area is 173 Å². The summed E-state index contributed by atoms with van der Waals surface area (Å²) in [5, 5.41) is 0. The molecule has 0 fully saturated rings. The molecule has 0 amide bonds. The molecule has 0 aliphatic heterocycles. The predicted octanol–water partition coefficient (Wildman–Crippen LogP) is 3.95. The van der Waals surface area contributed by atoms with E-state index in [1.165, 1.54) is 13.2 Å². The van der Waals surface area contributed by atoms with Crippen molar-refractivity contribution in [1.82, 2.24) is 4.57 Å². The first-order valence-corrected chi connectivity index (χ1v) is 7.74. The minimum atomic E-state index is -2.62. The first-order chi connectivity index (χ1) is 9.93. The molecule has 0 aliphatic carbocycles. The molecular weight excluding hydrogens is 548 g/mol. The quantitative estimate of drug-likeness (QED) is 0.421. The molecule has 1 radical (unpaired) electrons. The maximum absolute atomic E-state index is 12.7. The Morgan fingerprint density at radius 2 is 2.14 bits per heavy atom. The number of halogens is 4. The van der Waals surface area contributed by atoms with Gasteiger partial charge in [0.1, 0.15) is 5.75 Å². The van der Waals surface area contributed by atoms with Crippen molar-refractivity contribution in [2.45, 2.75) is 13.0 Å². The maximum Gasteiger partial charge on any atom is 0.256 e. The third kappa shape index (κ3) is 4.58. The molecule has 2 aromatic rings. The fourth-order valence-electron chi connectivity index (χ4n) is 1.85. The molecule has 115 valence electrons. The Kier molecular flexibility index (Phi) is 8.12. The Morgan fingerprint density at radius 1 is 1.45 bits per heavy atom. The fraction of sp³-hybridized carbons (Fsp3) is 0.214. The second kappa shape index (κ2) is 8.85. The van der Waals surface area contributed by atoms with Gasteiger partial charge in [0.05, 0.1) is 13.7 Å². The van der Waals surface area contributed by atoms with E-state index in [2.05, 4.69) is 22.0 Å². The summed E-state index contributed by atoms with van der Waals surface area (Å²) in [5.41, 5.74) is 0.465. The first kappa shape index (κ1) is 20.2. The van der Waals surface area contributed by atoms with Crippen molar-refractivity contribution >= 4 is 38.5 Å². The van der Waals surface area contributed by atoms with Crippen molar-refractivity contribution in [3.63, 3.8) is 0 Å². The zero-order valence-corrected chi connectivity index (χ0v) is 18.0. The summed E-state index contributed by atoms with van der Waals surface area (Å²) < 4.78 is 32.6. The molecule has 8 heteroatoms. The Bertz CT molecular complexity index is 724. The van der Waals surface area contributed by atoms with Crippen LogP contribution in [-0.4, -0.2) is 18.1 Å². The molecule has 0 atom stereocenters. The molecule has 2 rings (SSSR count). The largest absolute Gasteiger partial charge is 0.497 e. The van der Waals surface area contributed by atoms with Crippen molar-refractivity contribution in [3.8, 4) is 17.0 Å². The molecule has 1 heterocycles. The SMILES string of the molecule is COc1ccc(-c2[c-]cc(I)c(=O)n2CC(F)F)c(Br)c1.[Y]. The van der Waals surface area contributed by atoms with E-state index < -0.39 is 18.5 Å². The molecule has 1 aromatic carbocycles. The van der Waals surface area contributed by atoms with Gasteiger partial charge in [0.25, 0.3) is 6.43 Å². The summed E-state index contributed by atoms with van der Waals surface area (Å²) in [6.45, 7) is -0.667. The third-order valence-electron chi connectivity index (χ3n) is 2.81. The van der Waals surface area contributed by atoms with E-state index in [0.29, 0.717) is 25.0 Å². The molecule has 0 bridgehead atoms. The Balaban J connectivity index is 0.00000242. The maximum atomic E-state index is 12.7. The second-order valence-corrected chi connectivity index (χ2v) is 6.15. The number of rotatable bonds is 4. The van der Waals surface area contributed by atoms with E-state index in [1.54, 1.807) is 18.2 Å². The zero-order chi connectivity index (χ0) is 15.6. The van der Waals surface area contributed by atoms with Crippen LogP contribution >= 0.6 is 38.5 Å². The monoisotopic (exact) mass is 557 g/mol. The van der Waals surface area contributed by atoms with Crippen molar-refractivity contribution in [2.24, 2.45) is 0 Å². The summed E-state index contributed by atoms with van der Waals surface area (Å²) in [4.78, 5) is 12.1. The van der Waals surface area contributed by atoms with Gasteiger partial charge in [0.15, 0.2) is 0 Å². The van der Waals surface area contributed by atoms with E-state index >= 15 is 0 Å². The molecule has 0 aliphatic rings. The summed E-state index contributed by atoms with van der Waals surface area (Å²) in [7, 11) is 1.53. The van der Waals surface area contributed by atoms with Gasteiger partial charge in [-0.2, -0.15) is 12.1 Å². The minimum absolute atomic E-state index is 0. The van der Waals surface area contributed by atoms with E-state index in [1.807, 2.05) is 22.6 Å². The van der Waals surface area contributed by atoms with Crippen LogP contribution in [0, 0.1) is 9.64 Å². The number of benzene rings is 1. The summed E-state index contributed by atoms with van der Waals surface area (Å²) in [6, 6.07) is 9.50. The average molecular weight is 558 g/mol. The van der Waals surface area contributed by atoms with Crippen LogP contribution in [0.2, 0.25) is 0 Å².